The molecule has 0 atom stereocenters. The van der Waals surface area contributed by atoms with Gasteiger partial charge in [-0.1, -0.05) is 12.1 Å². The minimum Gasteiger partial charge on any atom is -0.491 e. The Kier molecular flexibility index (Phi) is 4.82. The first-order valence-corrected chi connectivity index (χ1v) is 7.86. The number of H-pyrrole nitrogens is 1. The van der Waals surface area contributed by atoms with E-state index in [1.807, 2.05) is 31.3 Å². The lowest BCUT2D eigenvalue weighted by molar-refractivity contribution is -0.115. The number of aromatic nitrogens is 1. The quantitative estimate of drug-likeness (QED) is 0.652. The van der Waals surface area contributed by atoms with Crippen LogP contribution in [0.4, 0.5) is 5.69 Å². The van der Waals surface area contributed by atoms with Gasteiger partial charge in [-0.15, -0.1) is 0 Å². The van der Waals surface area contributed by atoms with E-state index in [0.717, 1.165) is 22.0 Å². The molecule has 0 aliphatic rings. The molecule has 1 heterocycles. The van der Waals surface area contributed by atoms with E-state index in [1.165, 1.54) is 0 Å². The van der Waals surface area contributed by atoms with E-state index in [4.69, 9.17) is 9.84 Å². The molecule has 1 amide bonds. The SMILES string of the molecule is Cc1cccc2[nH]cc(CC(=O)Nc3ccc(OCCO)cc3)c12. The molecule has 0 aliphatic carbocycles. The summed E-state index contributed by atoms with van der Waals surface area (Å²) >= 11 is 0. The van der Waals surface area contributed by atoms with Crippen molar-refractivity contribution in [2.75, 3.05) is 18.5 Å². The Morgan fingerprint density at radius 1 is 1.21 bits per heavy atom. The third-order valence-electron chi connectivity index (χ3n) is 3.84. The number of carbonyl (C=O) groups is 1. The van der Waals surface area contributed by atoms with Crippen LogP contribution < -0.4 is 10.1 Å². The number of rotatable bonds is 6. The second kappa shape index (κ2) is 7.19. The van der Waals surface area contributed by atoms with Gasteiger partial charge in [0.05, 0.1) is 13.0 Å². The number of hydrogen-bond acceptors (Lipinski definition) is 3. The predicted octanol–water partition coefficient (Wildman–Crippen LogP) is 3.03. The van der Waals surface area contributed by atoms with Crippen molar-refractivity contribution in [1.29, 1.82) is 0 Å². The number of aliphatic hydroxyl groups is 1. The number of aliphatic hydroxyl groups excluding tert-OH is 1. The summed E-state index contributed by atoms with van der Waals surface area (Å²) in [5.41, 5.74) is 3.90. The molecular weight excluding hydrogens is 304 g/mol. The number of hydrogen-bond donors (Lipinski definition) is 3. The van der Waals surface area contributed by atoms with Crippen LogP contribution in [0.1, 0.15) is 11.1 Å². The summed E-state index contributed by atoms with van der Waals surface area (Å²) in [6.07, 6.45) is 2.21. The molecule has 24 heavy (non-hydrogen) atoms. The minimum atomic E-state index is -0.0665. The van der Waals surface area contributed by atoms with Gasteiger partial charge in [-0.2, -0.15) is 0 Å². The second-order valence-electron chi connectivity index (χ2n) is 5.63. The molecule has 0 unspecified atom stereocenters. The maximum Gasteiger partial charge on any atom is 0.228 e. The van der Waals surface area contributed by atoms with Gasteiger partial charge >= 0.3 is 0 Å². The van der Waals surface area contributed by atoms with Gasteiger partial charge in [0.25, 0.3) is 0 Å². The van der Waals surface area contributed by atoms with Crippen molar-refractivity contribution >= 4 is 22.5 Å². The molecule has 124 valence electrons. The van der Waals surface area contributed by atoms with Gasteiger partial charge in [0.15, 0.2) is 0 Å². The number of anilines is 1. The Labute approximate surface area is 140 Å². The fourth-order valence-corrected chi connectivity index (χ4v) is 2.77. The molecule has 0 bridgehead atoms. The Bertz CT molecular complexity index is 837. The molecule has 5 heteroatoms. The van der Waals surface area contributed by atoms with Crippen molar-refractivity contribution < 1.29 is 14.6 Å². The van der Waals surface area contributed by atoms with Gasteiger partial charge in [-0.3, -0.25) is 4.79 Å². The van der Waals surface area contributed by atoms with Gasteiger partial charge in [-0.05, 0) is 48.4 Å². The first-order chi connectivity index (χ1) is 11.7. The van der Waals surface area contributed by atoms with E-state index in [9.17, 15) is 4.79 Å². The van der Waals surface area contributed by atoms with E-state index >= 15 is 0 Å². The number of aromatic amines is 1. The molecule has 0 fully saturated rings. The number of amides is 1. The Hall–Kier alpha value is -2.79. The largest absolute Gasteiger partial charge is 0.491 e. The van der Waals surface area contributed by atoms with Crippen LogP contribution in [0, 0.1) is 6.92 Å². The van der Waals surface area contributed by atoms with Crippen molar-refractivity contribution in [3.8, 4) is 5.75 Å². The topological polar surface area (TPSA) is 74.4 Å². The highest BCUT2D eigenvalue weighted by Gasteiger charge is 2.10. The zero-order valence-corrected chi connectivity index (χ0v) is 13.5. The Morgan fingerprint density at radius 3 is 2.75 bits per heavy atom. The van der Waals surface area contributed by atoms with Gasteiger partial charge in [0.1, 0.15) is 12.4 Å². The lowest BCUT2D eigenvalue weighted by atomic mass is 10.1. The molecule has 5 nitrogen and oxygen atoms in total. The molecule has 3 aromatic rings. The Morgan fingerprint density at radius 2 is 2.00 bits per heavy atom. The number of aryl methyl sites for hydroxylation is 1. The summed E-state index contributed by atoms with van der Waals surface area (Å²) in [7, 11) is 0. The van der Waals surface area contributed by atoms with Crippen LogP contribution in [-0.4, -0.2) is 29.2 Å². The summed E-state index contributed by atoms with van der Waals surface area (Å²) in [6, 6.07) is 13.1. The van der Waals surface area contributed by atoms with E-state index in [0.29, 0.717) is 17.9 Å². The summed E-state index contributed by atoms with van der Waals surface area (Å²) < 4.78 is 5.29. The molecule has 3 N–H and O–H groups in total. The third kappa shape index (κ3) is 3.58. The van der Waals surface area contributed by atoms with Gasteiger partial charge in [0.2, 0.25) is 5.91 Å². The predicted molar refractivity (Wildman–Crippen MR) is 94.4 cm³/mol. The number of fused-ring (bicyclic) bond motifs is 1. The standard InChI is InChI=1S/C19H20N2O3/c1-13-3-2-4-17-19(13)14(12-20-17)11-18(23)21-15-5-7-16(8-6-15)24-10-9-22/h2-8,12,20,22H,9-11H2,1H3,(H,21,23). The summed E-state index contributed by atoms with van der Waals surface area (Å²) in [4.78, 5) is 15.5. The smallest absolute Gasteiger partial charge is 0.228 e. The number of nitrogens with one attached hydrogen (secondary N) is 2. The second-order valence-corrected chi connectivity index (χ2v) is 5.63. The van der Waals surface area contributed by atoms with Gasteiger partial charge in [0, 0.05) is 22.8 Å². The molecule has 0 spiro atoms. The summed E-state index contributed by atoms with van der Waals surface area (Å²) in [6.45, 7) is 2.27. The minimum absolute atomic E-state index is 0.0253. The van der Waals surface area contributed by atoms with Crippen molar-refractivity contribution in [3.63, 3.8) is 0 Å². The Balaban J connectivity index is 1.67. The highest BCUT2D eigenvalue weighted by Crippen LogP contribution is 2.23. The molecule has 0 saturated heterocycles. The highest BCUT2D eigenvalue weighted by atomic mass is 16.5. The number of carbonyl (C=O) groups excluding carboxylic acids is 1. The van der Waals surface area contributed by atoms with E-state index < -0.39 is 0 Å². The normalized spacial score (nSPS) is 10.8. The third-order valence-corrected chi connectivity index (χ3v) is 3.84. The van der Waals surface area contributed by atoms with Gasteiger partial charge in [-0.25, -0.2) is 0 Å². The molecule has 3 rings (SSSR count). The molecule has 0 saturated carbocycles. The lowest BCUT2D eigenvalue weighted by Crippen LogP contribution is -2.14. The molecule has 2 aromatic carbocycles. The van der Waals surface area contributed by atoms with Crippen molar-refractivity contribution in [2.45, 2.75) is 13.3 Å². The maximum atomic E-state index is 12.3. The summed E-state index contributed by atoms with van der Waals surface area (Å²) in [5, 5.41) is 12.7. The van der Waals surface area contributed by atoms with Gasteiger partial charge < -0.3 is 20.1 Å². The van der Waals surface area contributed by atoms with Crippen LogP contribution in [-0.2, 0) is 11.2 Å². The average molecular weight is 324 g/mol. The number of ether oxygens (including phenoxy) is 1. The van der Waals surface area contributed by atoms with Crippen LogP contribution in [0.15, 0.2) is 48.7 Å². The van der Waals surface area contributed by atoms with E-state index in [-0.39, 0.29) is 19.1 Å². The summed E-state index contributed by atoms with van der Waals surface area (Å²) in [5.74, 6) is 0.595. The zero-order valence-electron chi connectivity index (χ0n) is 13.5. The number of benzene rings is 2. The lowest BCUT2D eigenvalue weighted by Gasteiger charge is -2.08. The average Bonchev–Trinajstić information content (AvgIpc) is 2.98. The first-order valence-electron chi connectivity index (χ1n) is 7.86. The maximum absolute atomic E-state index is 12.3. The zero-order chi connectivity index (χ0) is 16.9. The van der Waals surface area contributed by atoms with E-state index in [2.05, 4.69) is 10.3 Å². The highest BCUT2D eigenvalue weighted by molar-refractivity contribution is 5.96. The van der Waals surface area contributed by atoms with Crippen molar-refractivity contribution in [2.24, 2.45) is 0 Å². The van der Waals surface area contributed by atoms with Crippen LogP contribution in [0.2, 0.25) is 0 Å². The van der Waals surface area contributed by atoms with Crippen molar-refractivity contribution in [3.05, 3.63) is 59.8 Å². The van der Waals surface area contributed by atoms with Crippen LogP contribution in [0.5, 0.6) is 5.75 Å². The molecule has 0 radical (unpaired) electrons. The van der Waals surface area contributed by atoms with Crippen LogP contribution in [0.25, 0.3) is 10.9 Å². The molecular formula is C19H20N2O3. The first kappa shape index (κ1) is 16.1. The fourth-order valence-electron chi connectivity index (χ4n) is 2.77. The molecule has 0 aliphatic heterocycles. The fraction of sp³-hybridized carbons (Fsp3) is 0.211. The monoisotopic (exact) mass is 324 g/mol. The van der Waals surface area contributed by atoms with E-state index in [1.54, 1.807) is 24.3 Å². The molecule has 1 aromatic heterocycles. The van der Waals surface area contributed by atoms with Crippen molar-refractivity contribution in [1.82, 2.24) is 4.98 Å². The van der Waals surface area contributed by atoms with Crippen LogP contribution in [0.3, 0.4) is 0 Å². The van der Waals surface area contributed by atoms with Crippen LogP contribution >= 0.6 is 0 Å².